The van der Waals surface area contributed by atoms with E-state index in [4.69, 9.17) is 10.4 Å². The van der Waals surface area contributed by atoms with Gasteiger partial charge in [-0.1, -0.05) is 19.8 Å². The van der Waals surface area contributed by atoms with Crippen LogP contribution in [-0.4, -0.2) is 23.7 Å². The van der Waals surface area contributed by atoms with E-state index in [2.05, 4.69) is 11.4 Å². The van der Waals surface area contributed by atoms with Crippen LogP contribution in [-0.2, 0) is 4.79 Å². The number of nitriles is 1. The second kappa shape index (κ2) is 8.08. The highest BCUT2D eigenvalue weighted by atomic mass is 16.4. The van der Waals surface area contributed by atoms with Crippen LogP contribution in [0, 0.1) is 16.7 Å². The van der Waals surface area contributed by atoms with Crippen molar-refractivity contribution in [1.29, 1.82) is 5.26 Å². The van der Waals surface area contributed by atoms with Crippen LogP contribution in [0.3, 0.4) is 0 Å². The average Bonchev–Trinajstić information content (AvgIpc) is 2.27. The second-order valence-electron chi connectivity index (χ2n) is 5.09. The van der Waals surface area contributed by atoms with Crippen molar-refractivity contribution in [2.45, 2.75) is 58.9 Å². The number of unbranched alkanes of at least 4 members (excludes halogenated alkanes) is 1. The molecule has 0 aliphatic carbocycles. The molecule has 0 fully saturated rings. The van der Waals surface area contributed by atoms with Crippen LogP contribution < -0.4 is 5.32 Å². The van der Waals surface area contributed by atoms with E-state index in [9.17, 15) is 4.79 Å². The third-order valence-electron chi connectivity index (χ3n) is 2.80. The van der Waals surface area contributed by atoms with Gasteiger partial charge in [0.1, 0.15) is 6.04 Å². The molecule has 0 radical (unpaired) electrons. The Bertz CT molecular complexity index is 269. The van der Waals surface area contributed by atoms with E-state index in [0.717, 1.165) is 25.7 Å². The van der Waals surface area contributed by atoms with Gasteiger partial charge in [0.05, 0.1) is 11.5 Å². The number of rotatable bonds is 9. The molecule has 1 atom stereocenters. The van der Waals surface area contributed by atoms with Gasteiger partial charge in [0.25, 0.3) is 0 Å². The number of carbonyl (C=O) groups is 1. The van der Waals surface area contributed by atoms with Gasteiger partial charge in [-0.15, -0.1) is 0 Å². The standard InChI is InChI=1S/C13H24N2O2/c1-4-7-11(12(16)17)15-9-6-5-8-13(2,3)10-14/h11,15H,4-9H2,1-3H3,(H,16,17). The average molecular weight is 240 g/mol. The first-order valence-electron chi connectivity index (χ1n) is 6.30. The third-order valence-corrected chi connectivity index (χ3v) is 2.80. The summed E-state index contributed by atoms with van der Waals surface area (Å²) in [6.45, 7) is 6.54. The monoisotopic (exact) mass is 240 g/mol. The highest BCUT2D eigenvalue weighted by Crippen LogP contribution is 2.21. The lowest BCUT2D eigenvalue weighted by molar-refractivity contribution is -0.139. The predicted molar refractivity (Wildman–Crippen MR) is 67.6 cm³/mol. The maximum atomic E-state index is 10.9. The lowest BCUT2D eigenvalue weighted by Gasteiger charge is -2.16. The van der Waals surface area contributed by atoms with Crippen molar-refractivity contribution in [3.63, 3.8) is 0 Å². The summed E-state index contributed by atoms with van der Waals surface area (Å²) in [5.74, 6) is -0.774. The Hall–Kier alpha value is -1.08. The minimum Gasteiger partial charge on any atom is -0.480 e. The molecule has 0 aromatic heterocycles. The largest absolute Gasteiger partial charge is 0.480 e. The van der Waals surface area contributed by atoms with E-state index in [1.165, 1.54) is 0 Å². The normalized spacial score (nSPS) is 13.1. The molecule has 0 aliphatic rings. The Kier molecular flexibility index (Phi) is 7.56. The number of carboxylic acid groups (broad SMARTS) is 1. The molecule has 4 heteroatoms. The highest BCUT2D eigenvalue weighted by Gasteiger charge is 2.17. The molecule has 0 bridgehead atoms. The summed E-state index contributed by atoms with van der Waals surface area (Å²) in [7, 11) is 0. The van der Waals surface area contributed by atoms with E-state index in [1.807, 2.05) is 20.8 Å². The number of hydrogen-bond acceptors (Lipinski definition) is 3. The van der Waals surface area contributed by atoms with E-state index in [1.54, 1.807) is 0 Å². The maximum Gasteiger partial charge on any atom is 0.320 e. The first kappa shape index (κ1) is 15.9. The van der Waals surface area contributed by atoms with Gasteiger partial charge in [0, 0.05) is 0 Å². The summed E-state index contributed by atoms with van der Waals surface area (Å²) in [5, 5.41) is 20.8. The van der Waals surface area contributed by atoms with E-state index in [0.29, 0.717) is 13.0 Å². The minimum atomic E-state index is -0.774. The molecule has 0 spiro atoms. The van der Waals surface area contributed by atoms with Gasteiger partial charge in [-0.2, -0.15) is 5.26 Å². The molecular formula is C13H24N2O2. The van der Waals surface area contributed by atoms with Gasteiger partial charge < -0.3 is 10.4 Å². The molecule has 0 saturated carbocycles. The topological polar surface area (TPSA) is 73.1 Å². The zero-order valence-corrected chi connectivity index (χ0v) is 11.1. The van der Waals surface area contributed by atoms with Crippen molar-refractivity contribution in [2.24, 2.45) is 5.41 Å². The molecule has 4 nitrogen and oxygen atoms in total. The molecule has 17 heavy (non-hydrogen) atoms. The zero-order chi connectivity index (χ0) is 13.3. The van der Waals surface area contributed by atoms with Gasteiger partial charge >= 0.3 is 5.97 Å². The fourth-order valence-electron chi connectivity index (χ4n) is 1.63. The fraction of sp³-hybridized carbons (Fsp3) is 0.846. The van der Waals surface area contributed by atoms with Crippen molar-refractivity contribution in [3.8, 4) is 6.07 Å². The summed E-state index contributed by atoms with van der Waals surface area (Å²) < 4.78 is 0. The van der Waals surface area contributed by atoms with Crippen LogP contribution in [0.1, 0.15) is 52.9 Å². The Morgan fingerprint density at radius 3 is 2.59 bits per heavy atom. The zero-order valence-electron chi connectivity index (χ0n) is 11.1. The van der Waals surface area contributed by atoms with Gasteiger partial charge in [0.2, 0.25) is 0 Å². The second-order valence-corrected chi connectivity index (χ2v) is 5.09. The molecule has 0 amide bonds. The van der Waals surface area contributed by atoms with Crippen LogP contribution in [0.4, 0.5) is 0 Å². The Morgan fingerprint density at radius 1 is 1.47 bits per heavy atom. The van der Waals surface area contributed by atoms with Crippen molar-refractivity contribution < 1.29 is 9.90 Å². The van der Waals surface area contributed by atoms with Crippen LogP contribution in [0.5, 0.6) is 0 Å². The first-order valence-corrected chi connectivity index (χ1v) is 6.30. The van der Waals surface area contributed by atoms with Crippen LogP contribution in [0.2, 0.25) is 0 Å². The number of nitrogens with zero attached hydrogens (tertiary/aromatic N) is 1. The fourth-order valence-corrected chi connectivity index (χ4v) is 1.63. The van der Waals surface area contributed by atoms with Crippen molar-refractivity contribution in [2.75, 3.05) is 6.54 Å². The molecular weight excluding hydrogens is 216 g/mol. The van der Waals surface area contributed by atoms with E-state index in [-0.39, 0.29) is 5.41 Å². The van der Waals surface area contributed by atoms with Crippen LogP contribution in [0.15, 0.2) is 0 Å². The summed E-state index contributed by atoms with van der Waals surface area (Å²) in [6.07, 6.45) is 4.26. The third kappa shape index (κ3) is 7.76. The maximum absolute atomic E-state index is 10.9. The summed E-state index contributed by atoms with van der Waals surface area (Å²) in [6, 6.07) is 1.84. The summed E-state index contributed by atoms with van der Waals surface area (Å²) >= 11 is 0. The van der Waals surface area contributed by atoms with Crippen molar-refractivity contribution in [3.05, 3.63) is 0 Å². The molecule has 0 aromatic carbocycles. The summed E-state index contributed by atoms with van der Waals surface area (Å²) in [4.78, 5) is 10.9. The number of hydrogen-bond donors (Lipinski definition) is 2. The summed E-state index contributed by atoms with van der Waals surface area (Å²) in [5.41, 5.74) is -0.268. The first-order chi connectivity index (χ1) is 7.93. The number of aliphatic carboxylic acids is 1. The quantitative estimate of drug-likeness (QED) is 0.607. The number of carboxylic acids is 1. The highest BCUT2D eigenvalue weighted by molar-refractivity contribution is 5.73. The molecule has 0 saturated heterocycles. The van der Waals surface area contributed by atoms with Gasteiger partial charge in [-0.3, -0.25) is 4.79 Å². The lowest BCUT2D eigenvalue weighted by atomic mass is 9.89. The van der Waals surface area contributed by atoms with Crippen molar-refractivity contribution >= 4 is 5.97 Å². The Labute approximate surface area is 104 Å². The molecule has 0 aliphatic heterocycles. The predicted octanol–water partition coefficient (Wildman–Crippen LogP) is 2.55. The molecule has 0 aromatic rings. The Morgan fingerprint density at radius 2 is 2.12 bits per heavy atom. The Balaban J connectivity index is 3.70. The van der Waals surface area contributed by atoms with Gasteiger partial charge in [-0.05, 0) is 39.7 Å². The molecule has 2 N–H and O–H groups in total. The molecule has 1 unspecified atom stereocenters. The lowest BCUT2D eigenvalue weighted by Crippen LogP contribution is -2.37. The van der Waals surface area contributed by atoms with Crippen LogP contribution in [0.25, 0.3) is 0 Å². The van der Waals surface area contributed by atoms with Crippen molar-refractivity contribution in [1.82, 2.24) is 5.32 Å². The van der Waals surface area contributed by atoms with Gasteiger partial charge in [0.15, 0.2) is 0 Å². The molecule has 0 rings (SSSR count). The molecule has 98 valence electrons. The minimum absolute atomic E-state index is 0.268. The van der Waals surface area contributed by atoms with E-state index < -0.39 is 12.0 Å². The SMILES string of the molecule is CCCC(NCCCCC(C)(C)C#N)C(=O)O. The molecule has 0 heterocycles. The van der Waals surface area contributed by atoms with E-state index >= 15 is 0 Å². The number of nitrogens with one attached hydrogen (secondary N) is 1. The van der Waals surface area contributed by atoms with Crippen LogP contribution >= 0.6 is 0 Å². The smallest absolute Gasteiger partial charge is 0.320 e. The van der Waals surface area contributed by atoms with Gasteiger partial charge in [-0.25, -0.2) is 0 Å².